The third-order valence-electron chi connectivity index (χ3n) is 5.70. The van der Waals surface area contributed by atoms with Crippen LogP contribution < -0.4 is 31.5 Å². The first-order chi connectivity index (χ1) is 14.9. The lowest BCUT2D eigenvalue weighted by Crippen LogP contribution is -3.15. The van der Waals surface area contributed by atoms with Gasteiger partial charge in [-0.3, -0.25) is 18.7 Å². The molecule has 1 aromatic heterocycles. The molecule has 1 saturated heterocycles. The van der Waals surface area contributed by atoms with Crippen molar-refractivity contribution in [1.82, 2.24) is 9.13 Å². The molecule has 2 aromatic rings. The van der Waals surface area contributed by atoms with Gasteiger partial charge in [0, 0.05) is 13.6 Å². The molecular weight excluding hydrogens is 398 g/mol. The molecule has 0 atom stereocenters. The van der Waals surface area contributed by atoms with Crippen LogP contribution in [0.2, 0.25) is 0 Å². The number of carbonyl (C=O) groups excluding carboxylic acids is 1. The summed E-state index contributed by atoms with van der Waals surface area (Å²) < 4.78 is 8.02. The van der Waals surface area contributed by atoms with Crippen molar-refractivity contribution in [2.24, 2.45) is 7.05 Å². The van der Waals surface area contributed by atoms with E-state index in [2.05, 4.69) is 4.90 Å². The number of ketones is 1. The fraction of sp³-hybridized carbons (Fsp3) is 0.500. The second-order valence-corrected chi connectivity index (χ2v) is 7.80. The SMILES string of the molecule is CCCn1c(N)c(C(=O)C[NH+]2CCN(c3ccccc3OCC)CC2)c(=O)n(C)c1=O. The molecule has 1 fully saturated rings. The Kier molecular flexibility index (Phi) is 7.17. The Morgan fingerprint density at radius 2 is 1.84 bits per heavy atom. The second kappa shape index (κ2) is 9.82. The first-order valence-corrected chi connectivity index (χ1v) is 10.8. The standard InChI is InChI=1S/C22H31N5O4/c1-4-10-27-20(23)19(21(29)24(3)22(27)30)17(28)15-25-11-13-26(14-12-25)16-8-6-7-9-18(16)31-5-2/h6-9H,4-5,10-15,23H2,1-3H3/p+1. The number of rotatable bonds is 8. The quantitative estimate of drug-likeness (QED) is 0.549. The van der Waals surface area contributed by atoms with Gasteiger partial charge in [0.15, 0.2) is 0 Å². The average molecular weight is 431 g/mol. The Balaban J connectivity index is 1.73. The van der Waals surface area contributed by atoms with Gasteiger partial charge in [0.1, 0.15) is 23.7 Å². The number of Topliss-reactive ketones (excluding diaryl/α,β-unsaturated/α-hetero) is 1. The van der Waals surface area contributed by atoms with Gasteiger partial charge in [-0.1, -0.05) is 19.1 Å². The number of carbonyl (C=O) groups is 1. The normalized spacial score (nSPS) is 14.6. The highest BCUT2D eigenvalue weighted by atomic mass is 16.5. The molecule has 0 bridgehead atoms. The first-order valence-electron chi connectivity index (χ1n) is 10.8. The molecule has 0 spiro atoms. The molecule has 3 rings (SSSR count). The van der Waals surface area contributed by atoms with Crippen LogP contribution in [-0.4, -0.2) is 54.2 Å². The number of quaternary nitrogens is 1. The van der Waals surface area contributed by atoms with E-state index in [-0.39, 0.29) is 23.7 Å². The highest BCUT2D eigenvalue weighted by Gasteiger charge is 2.28. The number of anilines is 2. The van der Waals surface area contributed by atoms with Crippen LogP contribution in [0.15, 0.2) is 33.9 Å². The van der Waals surface area contributed by atoms with E-state index >= 15 is 0 Å². The molecule has 1 aromatic carbocycles. The largest absolute Gasteiger partial charge is 0.492 e. The second-order valence-electron chi connectivity index (χ2n) is 7.80. The third-order valence-corrected chi connectivity index (χ3v) is 5.70. The van der Waals surface area contributed by atoms with Crippen LogP contribution in [0.3, 0.4) is 0 Å². The summed E-state index contributed by atoms with van der Waals surface area (Å²) in [6, 6.07) is 7.95. The van der Waals surface area contributed by atoms with E-state index in [4.69, 9.17) is 10.5 Å². The summed E-state index contributed by atoms with van der Waals surface area (Å²) in [7, 11) is 1.38. The van der Waals surface area contributed by atoms with Crippen LogP contribution in [0.25, 0.3) is 0 Å². The summed E-state index contributed by atoms with van der Waals surface area (Å²) in [5.74, 6) is 0.517. The summed E-state index contributed by atoms with van der Waals surface area (Å²) in [6.07, 6.45) is 0.673. The number of piperazine rings is 1. The summed E-state index contributed by atoms with van der Waals surface area (Å²) in [5, 5.41) is 0. The smallest absolute Gasteiger partial charge is 0.332 e. The van der Waals surface area contributed by atoms with E-state index in [0.29, 0.717) is 19.6 Å². The molecule has 31 heavy (non-hydrogen) atoms. The molecule has 2 heterocycles. The van der Waals surface area contributed by atoms with E-state index in [9.17, 15) is 14.4 Å². The van der Waals surface area contributed by atoms with Gasteiger partial charge in [-0.15, -0.1) is 0 Å². The minimum atomic E-state index is -0.622. The van der Waals surface area contributed by atoms with Crippen molar-refractivity contribution in [3.63, 3.8) is 0 Å². The predicted octanol–water partition coefficient (Wildman–Crippen LogP) is -0.474. The Morgan fingerprint density at radius 3 is 2.48 bits per heavy atom. The monoisotopic (exact) mass is 430 g/mol. The van der Waals surface area contributed by atoms with Crippen molar-refractivity contribution in [2.45, 2.75) is 26.8 Å². The summed E-state index contributed by atoms with van der Waals surface area (Å²) in [6.45, 7) is 8.06. The van der Waals surface area contributed by atoms with E-state index in [1.807, 2.05) is 38.1 Å². The first kappa shape index (κ1) is 22.6. The minimum Gasteiger partial charge on any atom is -0.492 e. The molecule has 1 aliphatic heterocycles. The van der Waals surface area contributed by atoms with Gasteiger partial charge >= 0.3 is 5.69 Å². The van der Waals surface area contributed by atoms with Gasteiger partial charge in [-0.2, -0.15) is 0 Å². The van der Waals surface area contributed by atoms with Crippen LogP contribution in [0.5, 0.6) is 5.75 Å². The minimum absolute atomic E-state index is 0.0244. The Labute approximate surface area is 181 Å². The number of hydrogen-bond acceptors (Lipinski definition) is 6. The number of ether oxygens (including phenoxy) is 1. The molecule has 9 nitrogen and oxygen atoms in total. The number of aromatic nitrogens is 2. The number of para-hydroxylation sites is 2. The summed E-state index contributed by atoms with van der Waals surface area (Å²) in [4.78, 5) is 41.3. The third kappa shape index (κ3) is 4.66. The highest BCUT2D eigenvalue weighted by Crippen LogP contribution is 2.27. The average Bonchev–Trinajstić information content (AvgIpc) is 2.77. The van der Waals surface area contributed by atoms with Gasteiger partial charge in [0.25, 0.3) is 5.56 Å². The van der Waals surface area contributed by atoms with Crippen LogP contribution in [-0.2, 0) is 13.6 Å². The number of nitrogens with two attached hydrogens (primary N) is 1. The summed E-state index contributed by atoms with van der Waals surface area (Å²) >= 11 is 0. The molecule has 168 valence electrons. The Morgan fingerprint density at radius 1 is 1.16 bits per heavy atom. The predicted molar refractivity (Wildman–Crippen MR) is 120 cm³/mol. The van der Waals surface area contributed by atoms with Gasteiger partial charge in [0.05, 0.1) is 38.5 Å². The van der Waals surface area contributed by atoms with Gasteiger partial charge in [0.2, 0.25) is 5.78 Å². The fourth-order valence-electron chi connectivity index (χ4n) is 4.04. The zero-order chi connectivity index (χ0) is 22.5. The van der Waals surface area contributed by atoms with E-state index in [0.717, 1.165) is 47.1 Å². The lowest BCUT2D eigenvalue weighted by Gasteiger charge is -2.34. The fourth-order valence-corrected chi connectivity index (χ4v) is 4.04. The van der Waals surface area contributed by atoms with E-state index in [1.54, 1.807) is 0 Å². The van der Waals surface area contributed by atoms with Crippen molar-refractivity contribution in [3.8, 4) is 5.75 Å². The molecule has 0 aliphatic carbocycles. The maximum atomic E-state index is 13.0. The van der Waals surface area contributed by atoms with Crippen LogP contribution in [0.4, 0.5) is 11.5 Å². The molecule has 3 N–H and O–H groups in total. The maximum Gasteiger partial charge on any atom is 0.332 e. The zero-order valence-electron chi connectivity index (χ0n) is 18.5. The number of nitrogens with one attached hydrogen (secondary N) is 1. The van der Waals surface area contributed by atoms with Crippen LogP contribution in [0.1, 0.15) is 30.6 Å². The van der Waals surface area contributed by atoms with Gasteiger partial charge < -0.3 is 20.3 Å². The number of nitrogen functional groups attached to an aromatic ring is 1. The van der Waals surface area contributed by atoms with Crippen molar-refractivity contribution in [3.05, 3.63) is 50.7 Å². The Bertz CT molecular complexity index is 1050. The van der Waals surface area contributed by atoms with Gasteiger partial charge in [-0.25, -0.2) is 4.79 Å². The number of nitrogens with zero attached hydrogens (tertiary/aromatic N) is 3. The van der Waals surface area contributed by atoms with Gasteiger partial charge in [-0.05, 0) is 25.5 Å². The lowest BCUT2D eigenvalue weighted by atomic mass is 10.1. The molecule has 0 saturated carbocycles. The van der Waals surface area contributed by atoms with Crippen molar-refractivity contribution < 1.29 is 14.4 Å². The molecular formula is C22H32N5O4+. The molecule has 0 radical (unpaired) electrons. The van der Waals surface area contributed by atoms with Crippen molar-refractivity contribution in [1.29, 1.82) is 0 Å². The lowest BCUT2D eigenvalue weighted by molar-refractivity contribution is -0.892. The van der Waals surface area contributed by atoms with E-state index in [1.165, 1.54) is 11.6 Å². The summed E-state index contributed by atoms with van der Waals surface area (Å²) in [5.41, 5.74) is 5.95. The molecule has 1 aliphatic rings. The zero-order valence-corrected chi connectivity index (χ0v) is 18.5. The van der Waals surface area contributed by atoms with E-state index < -0.39 is 11.2 Å². The van der Waals surface area contributed by atoms with Crippen LogP contribution >= 0.6 is 0 Å². The highest BCUT2D eigenvalue weighted by molar-refractivity contribution is 6.00. The van der Waals surface area contributed by atoms with Crippen molar-refractivity contribution in [2.75, 3.05) is 50.0 Å². The Hall–Kier alpha value is -3.07. The molecule has 9 heteroatoms. The topological polar surface area (TPSA) is 104 Å². The number of hydrogen-bond donors (Lipinski definition) is 2. The molecule has 0 amide bonds. The van der Waals surface area contributed by atoms with Crippen LogP contribution in [0, 0.1) is 0 Å². The number of benzene rings is 1. The maximum absolute atomic E-state index is 13.0. The van der Waals surface area contributed by atoms with Crippen molar-refractivity contribution >= 4 is 17.3 Å². The molecule has 0 unspecified atom stereocenters.